The second kappa shape index (κ2) is 4.94. The van der Waals surface area contributed by atoms with Crippen molar-refractivity contribution in [3.63, 3.8) is 0 Å². The van der Waals surface area contributed by atoms with Gasteiger partial charge >= 0.3 is 0 Å². The fourth-order valence-electron chi connectivity index (χ4n) is 2.06. The fraction of sp³-hybridized carbons (Fsp3) is 0.500. The molecule has 0 amide bonds. The van der Waals surface area contributed by atoms with Crippen molar-refractivity contribution in [2.24, 2.45) is 0 Å². The third-order valence-corrected chi connectivity index (χ3v) is 3.74. The van der Waals surface area contributed by atoms with Gasteiger partial charge in [0.05, 0.1) is 20.3 Å². The van der Waals surface area contributed by atoms with Crippen LogP contribution in [0.5, 0.6) is 5.75 Å². The number of rotatable bonds is 4. The molecule has 0 N–H and O–H groups in total. The molecule has 1 saturated heterocycles. The lowest BCUT2D eigenvalue weighted by atomic mass is 9.76. The van der Waals surface area contributed by atoms with E-state index in [1.807, 2.05) is 12.1 Å². The maximum atomic E-state index is 5.88. The summed E-state index contributed by atoms with van der Waals surface area (Å²) in [5, 5.41) is 0. The lowest BCUT2D eigenvalue weighted by Gasteiger charge is -2.42. The van der Waals surface area contributed by atoms with E-state index in [0.29, 0.717) is 5.88 Å². The van der Waals surface area contributed by atoms with Crippen LogP contribution in [0.2, 0.25) is 0 Å². The van der Waals surface area contributed by atoms with E-state index >= 15 is 0 Å². The first-order valence-corrected chi connectivity index (χ1v) is 6.52. The van der Waals surface area contributed by atoms with Crippen LogP contribution in [0.1, 0.15) is 12.0 Å². The Bertz CT molecular complexity index is 377. The predicted octanol–water partition coefficient (Wildman–Crippen LogP) is 3.35. The molecule has 1 aromatic rings. The quantitative estimate of drug-likeness (QED) is 0.794. The zero-order chi connectivity index (χ0) is 11.6. The monoisotopic (exact) mass is 304 g/mol. The molecule has 1 aliphatic heterocycles. The lowest BCUT2D eigenvalue weighted by molar-refractivity contribution is -0.0625. The van der Waals surface area contributed by atoms with Crippen LogP contribution < -0.4 is 4.74 Å². The highest BCUT2D eigenvalue weighted by Gasteiger charge is 2.41. The molecule has 2 rings (SSSR count). The average Bonchev–Trinajstić information content (AvgIpc) is 2.23. The molecule has 1 fully saturated rings. The summed E-state index contributed by atoms with van der Waals surface area (Å²) in [7, 11) is 1.70. The van der Waals surface area contributed by atoms with E-state index in [2.05, 4.69) is 22.0 Å². The van der Waals surface area contributed by atoms with Crippen molar-refractivity contribution in [3.8, 4) is 5.75 Å². The third kappa shape index (κ3) is 2.08. The van der Waals surface area contributed by atoms with Gasteiger partial charge in [-0.05, 0) is 24.6 Å². The molecule has 0 spiro atoms. The topological polar surface area (TPSA) is 18.5 Å². The summed E-state index contributed by atoms with van der Waals surface area (Å²) < 4.78 is 11.8. The van der Waals surface area contributed by atoms with Crippen molar-refractivity contribution in [2.45, 2.75) is 11.8 Å². The van der Waals surface area contributed by atoms with E-state index in [1.54, 1.807) is 7.11 Å². The summed E-state index contributed by atoms with van der Waals surface area (Å²) in [6, 6.07) is 6.07. The minimum absolute atomic E-state index is 0.0386. The van der Waals surface area contributed by atoms with Gasteiger partial charge in [0.15, 0.2) is 0 Å². The van der Waals surface area contributed by atoms with E-state index in [4.69, 9.17) is 21.1 Å². The Morgan fingerprint density at radius 1 is 1.50 bits per heavy atom. The van der Waals surface area contributed by atoms with Gasteiger partial charge in [-0.25, -0.2) is 0 Å². The molecule has 0 bridgehead atoms. The van der Waals surface area contributed by atoms with Crippen LogP contribution in [0.4, 0.5) is 0 Å². The molecule has 0 saturated carbocycles. The van der Waals surface area contributed by atoms with Crippen LogP contribution in [0.25, 0.3) is 0 Å². The zero-order valence-electron chi connectivity index (χ0n) is 9.13. The van der Waals surface area contributed by atoms with E-state index < -0.39 is 0 Å². The molecule has 0 radical (unpaired) electrons. The van der Waals surface area contributed by atoms with Gasteiger partial charge in [-0.15, -0.1) is 11.6 Å². The Morgan fingerprint density at radius 2 is 2.25 bits per heavy atom. The first kappa shape index (κ1) is 12.2. The Balaban J connectivity index is 2.40. The molecule has 88 valence electrons. The zero-order valence-corrected chi connectivity index (χ0v) is 11.5. The number of methoxy groups -OCH3 is 1. The number of ether oxygens (including phenoxy) is 2. The summed E-state index contributed by atoms with van der Waals surface area (Å²) in [5.74, 6) is 1.55. The van der Waals surface area contributed by atoms with Crippen molar-refractivity contribution in [1.82, 2.24) is 0 Å². The number of halogens is 2. The SMILES string of the molecule is COc1ccc(Br)cc1C1(CCCl)COC1. The lowest BCUT2D eigenvalue weighted by Crippen LogP contribution is -2.47. The first-order chi connectivity index (χ1) is 7.72. The maximum absolute atomic E-state index is 5.88. The molecule has 1 heterocycles. The van der Waals surface area contributed by atoms with Crippen LogP contribution in [0.3, 0.4) is 0 Å². The van der Waals surface area contributed by atoms with Crippen molar-refractivity contribution >= 4 is 27.5 Å². The summed E-state index contributed by atoms with van der Waals surface area (Å²) in [6.07, 6.45) is 0.918. The largest absolute Gasteiger partial charge is 0.496 e. The molecule has 0 aromatic heterocycles. The number of alkyl halides is 1. The van der Waals surface area contributed by atoms with Gasteiger partial charge in [0.25, 0.3) is 0 Å². The second-order valence-corrected chi connectivity index (χ2v) is 5.35. The van der Waals surface area contributed by atoms with Gasteiger partial charge in [0.2, 0.25) is 0 Å². The van der Waals surface area contributed by atoms with E-state index in [0.717, 1.165) is 29.9 Å². The van der Waals surface area contributed by atoms with Crippen LogP contribution in [-0.2, 0) is 10.2 Å². The molecule has 0 aliphatic carbocycles. The van der Waals surface area contributed by atoms with Gasteiger partial charge in [-0.2, -0.15) is 0 Å². The predicted molar refractivity (Wildman–Crippen MR) is 68.5 cm³/mol. The molecule has 16 heavy (non-hydrogen) atoms. The molecular weight excluding hydrogens is 291 g/mol. The van der Waals surface area contributed by atoms with E-state index in [1.165, 1.54) is 5.56 Å². The standard InChI is InChI=1S/C12H14BrClO2/c1-15-11-3-2-9(13)6-10(11)12(4-5-14)7-16-8-12/h2-3,6H,4-5,7-8H2,1H3. The minimum Gasteiger partial charge on any atom is -0.496 e. The first-order valence-electron chi connectivity index (χ1n) is 5.19. The molecule has 4 heteroatoms. The second-order valence-electron chi connectivity index (χ2n) is 4.06. The van der Waals surface area contributed by atoms with E-state index in [9.17, 15) is 0 Å². The van der Waals surface area contributed by atoms with Gasteiger partial charge in [-0.1, -0.05) is 15.9 Å². The Kier molecular flexibility index (Phi) is 3.77. The van der Waals surface area contributed by atoms with Crippen LogP contribution in [-0.4, -0.2) is 26.2 Å². The Morgan fingerprint density at radius 3 is 2.75 bits per heavy atom. The van der Waals surface area contributed by atoms with Crippen molar-refractivity contribution < 1.29 is 9.47 Å². The third-order valence-electron chi connectivity index (χ3n) is 3.06. The van der Waals surface area contributed by atoms with Crippen molar-refractivity contribution in [3.05, 3.63) is 28.2 Å². The van der Waals surface area contributed by atoms with Crippen LogP contribution >= 0.6 is 27.5 Å². The van der Waals surface area contributed by atoms with Crippen LogP contribution in [0, 0.1) is 0 Å². The minimum atomic E-state index is 0.0386. The molecule has 1 aliphatic rings. The molecule has 0 unspecified atom stereocenters. The normalized spacial score (nSPS) is 17.9. The number of hydrogen-bond acceptors (Lipinski definition) is 2. The summed E-state index contributed by atoms with van der Waals surface area (Å²) in [4.78, 5) is 0. The van der Waals surface area contributed by atoms with Crippen molar-refractivity contribution in [1.29, 1.82) is 0 Å². The van der Waals surface area contributed by atoms with Crippen molar-refractivity contribution in [2.75, 3.05) is 26.2 Å². The summed E-state index contributed by atoms with van der Waals surface area (Å²) >= 11 is 9.37. The van der Waals surface area contributed by atoms with Gasteiger partial charge < -0.3 is 9.47 Å². The van der Waals surface area contributed by atoms with Gasteiger partial charge in [0.1, 0.15) is 5.75 Å². The highest BCUT2D eigenvalue weighted by molar-refractivity contribution is 9.10. The molecule has 1 aromatic carbocycles. The Labute approximate surface area is 109 Å². The van der Waals surface area contributed by atoms with Gasteiger partial charge in [0, 0.05) is 21.3 Å². The molecule has 2 nitrogen and oxygen atoms in total. The molecule has 0 atom stereocenters. The number of benzene rings is 1. The van der Waals surface area contributed by atoms with E-state index in [-0.39, 0.29) is 5.41 Å². The Hall–Kier alpha value is -0.250. The average molecular weight is 306 g/mol. The summed E-state index contributed by atoms with van der Waals surface area (Å²) in [5.41, 5.74) is 1.23. The number of hydrogen-bond donors (Lipinski definition) is 0. The fourth-order valence-corrected chi connectivity index (χ4v) is 2.78. The highest BCUT2D eigenvalue weighted by atomic mass is 79.9. The molecular formula is C12H14BrClO2. The maximum Gasteiger partial charge on any atom is 0.122 e. The van der Waals surface area contributed by atoms with Gasteiger partial charge in [-0.3, -0.25) is 0 Å². The van der Waals surface area contributed by atoms with Crippen LogP contribution in [0.15, 0.2) is 22.7 Å². The smallest absolute Gasteiger partial charge is 0.122 e. The highest BCUT2D eigenvalue weighted by Crippen LogP contribution is 2.41. The summed E-state index contributed by atoms with van der Waals surface area (Å²) in [6.45, 7) is 1.46.